The second kappa shape index (κ2) is 8.08. The predicted molar refractivity (Wildman–Crippen MR) is 105 cm³/mol. The van der Waals surface area contributed by atoms with Crippen molar-refractivity contribution in [3.8, 4) is 0 Å². The first-order valence-corrected chi connectivity index (χ1v) is 8.92. The summed E-state index contributed by atoms with van der Waals surface area (Å²) in [5.74, 6) is -1.54. The van der Waals surface area contributed by atoms with Crippen LogP contribution in [-0.4, -0.2) is 18.0 Å². The fraction of sp³-hybridized carbons (Fsp3) is 0.227. The lowest BCUT2D eigenvalue weighted by Crippen LogP contribution is -2.35. The van der Waals surface area contributed by atoms with Gasteiger partial charge in [-0.2, -0.15) is 0 Å². The maximum atomic E-state index is 12.3. The van der Waals surface area contributed by atoms with Crippen LogP contribution < -0.4 is 10.7 Å². The van der Waals surface area contributed by atoms with Crippen molar-refractivity contribution in [3.63, 3.8) is 0 Å². The monoisotopic (exact) mass is 379 g/mol. The van der Waals surface area contributed by atoms with E-state index in [4.69, 9.17) is 9.15 Å². The molecule has 28 heavy (non-hydrogen) atoms. The first-order valence-electron chi connectivity index (χ1n) is 8.92. The summed E-state index contributed by atoms with van der Waals surface area (Å²) in [4.78, 5) is 36.7. The highest BCUT2D eigenvalue weighted by atomic mass is 16.6. The van der Waals surface area contributed by atoms with Crippen molar-refractivity contribution in [2.75, 3.05) is 0 Å². The topological polar surface area (TPSA) is 85.6 Å². The molecular weight excluding hydrogens is 358 g/mol. The molecule has 0 aliphatic carbocycles. The van der Waals surface area contributed by atoms with E-state index in [0.717, 1.165) is 22.8 Å². The van der Waals surface area contributed by atoms with Crippen LogP contribution in [0.4, 0.5) is 0 Å². The number of carbonyl (C=O) groups excluding carboxylic acids is 2. The second-order valence-electron chi connectivity index (χ2n) is 6.73. The van der Waals surface area contributed by atoms with Gasteiger partial charge in [0.05, 0.1) is 5.39 Å². The average molecular weight is 379 g/mol. The van der Waals surface area contributed by atoms with Gasteiger partial charge in [0, 0.05) is 12.6 Å². The Labute approximate surface area is 162 Å². The number of hydrogen-bond donors (Lipinski definition) is 1. The Morgan fingerprint density at radius 1 is 1.04 bits per heavy atom. The molecule has 1 atom stereocenters. The highest BCUT2D eigenvalue weighted by molar-refractivity contribution is 5.91. The summed E-state index contributed by atoms with van der Waals surface area (Å²) in [5, 5.41) is 3.10. The van der Waals surface area contributed by atoms with Crippen LogP contribution in [0.2, 0.25) is 0 Å². The fourth-order valence-electron chi connectivity index (χ4n) is 2.68. The Morgan fingerprint density at radius 2 is 1.71 bits per heavy atom. The molecule has 0 bridgehead atoms. The van der Waals surface area contributed by atoms with Crippen molar-refractivity contribution in [3.05, 3.63) is 81.2 Å². The molecular formula is C22H21NO5. The quantitative estimate of drug-likeness (QED) is 0.688. The number of aryl methyl sites for hydroxylation is 2. The summed E-state index contributed by atoms with van der Waals surface area (Å²) < 4.78 is 10.6. The van der Waals surface area contributed by atoms with Crippen molar-refractivity contribution >= 4 is 22.8 Å². The molecule has 0 saturated carbocycles. The lowest BCUT2D eigenvalue weighted by molar-refractivity contribution is -0.129. The van der Waals surface area contributed by atoms with Gasteiger partial charge in [0.1, 0.15) is 5.58 Å². The van der Waals surface area contributed by atoms with Gasteiger partial charge in [-0.1, -0.05) is 41.5 Å². The largest absolute Gasteiger partial charge is 0.449 e. The van der Waals surface area contributed by atoms with Gasteiger partial charge in [0.2, 0.25) is 5.76 Å². The van der Waals surface area contributed by atoms with Crippen LogP contribution in [0.25, 0.3) is 11.0 Å². The van der Waals surface area contributed by atoms with Gasteiger partial charge in [-0.05, 0) is 38.5 Å². The first-order chi connectivity index (χ1) is 13.3. The molecule has 2 aromatic carbocycles. The molecule has 0 unspecified atom stereocenters. The van der Waals surface area contributed by atoms with Crippen LogP contribution in [-0.2, 0) is 16.1 Å². The zero-order valence-electron chi connectivity index (χ0n) is 15.9. The summed E-state index contributed by atoms with van der Waals surface area (Å²) in [6, 6.07) is 13.9. The van der Waals surface area contributed by atoms with Crippen LogP contribution >= 0.6 is 0 Å². The second-order valence-corrected chi connectivity index (χ2v) is 6.73. The smallest absolute Gasteiger partial charge is 0.375 e. The predicted octanol–water partition coefficient (Wildman–Crippen LogP) is 3.27. The van der Waals surface area contributed by atoms with E-state index in [1.54, 1.807) is 18.2 Å². The van der Waals surface area contributed by atoms with E-state index in [1.165, 1.54) is 6.92 Å². The third-order valence-electron chi connectivity index (χ3n) is 4.32. The molecule has 6 nitrogen and oxygen atoms in total. The molecule has 0 spiro atoms. The molecule has 1 amide bonds. The van der Waals surface area contributed by atoms with E-state index >= 15 is 0 Å². The molecule has 0 aliphatic heterocycles. The zero-order chi connectivity index (χ0) is 20.3. The number of benzene rings is 2. The highest BCUT2D eigenvalue weighted by Crippen LogP contribution is 2.15. The molecule has 0 aliphatic rings. The molecule has 0 fully saturated rings. The van der Waals surface area contributed by atoms with Crippen molar-refractivity contribution in [1.29, 1.82) is 0 Å². The van der Waals surface area contributed by atoms with Crippen LogP contribution in [0.3, 0.4) is 0 Å². The Kier molecular flexibility index (Phi) is 5.59. The number of esters is 1. The molecule has 0 saturated heterocycles. The van der Waals surface area contributed by atoms with E-state index in [1.807, 2.05) is 38.1 Å². The van der Waals surface area contributed by atoms with Gasteiger partial charge < -0.3 is 14.5 Å². The number of hydrogen-bond acceptors (Lipinski definition) is 5. The number of ether oxygens (including phenoxy) is 1. The number of nitrogens with one attached hydrogen (secondary N) is 1. The molecule has 6 heteroatoms. The number of fused-ring (bicyclic) bond motifs is 1. The van der Waals surface area contributed by atoms with Crippen LogP contribution in [0.1, 0.15) is 34.2 Å². The zero-order valence-corrected chi connectivity index (χ0v) is 15.9. The molecule has 1 N–H and O–H groups in total. The Balaban J connectivity index is 1.65. The molecule has 0 radical (unpaired) electrons. The highest BCUT2D eigenvalue weighted by Gasteiger charge is 2.21. The van der Waals surface area contributed by atoms with Gasteiger partial charge in [-0.15, -0.1) is 0 Å². The van der Waals surface area contributed by atoms with Crippen molar-refractivity contribution in [2.24, 2.45) is 0 Å². The van der Waals surface area contributed by atoms with Crippen LogP contribution in [0.15, 0.2) is 57.7 Å². The number of amides is 1. The van der Waals surface area contributed by atoms with E-state index < -0.39 is 18.0 Å². The Morgan fingerprint density at radius 3 is 2.43 bits per heavy atom. The number of carbonyl (C=O) groups is 2. The van der Waals surface area contributed by atoms with Crippen molar-refractivity contribution < 1.29 is 18.7 Å². The average Bonchev–Trinajstić information content (AvgIpc) is 2.67. The third kappa shape index (κ3) is 4.46. The summed E-state index contributed by atoms with van der Waals surface area (Å²) in [6.45, 7) is 5.63. The maximum absolute atomic E-state index is 12.3. The maximum Gasteiger partial charge on any atom is 0.375 e. The minimum Gasteiger partial charge on any atom is -0.449 e. The number of rotatable bonds is 5. The third-order valence-corrected chi connectivity index (χ3v) is 4.32. The Hall–Kier alpha value is -3.41. The van der Waals surface area contributed by atoms with Crippen LogP contribution in [0, 0.1) is 13.8 Å². The van der Waals surface area contributed by atoms with E-state index in [9.17, 15) is 14.4 Å². The molecule has 3 rings (SSSR count). The lowest BCUT2D eigenvalue weighted by Gasteiger charge is -2.13. The van der Waals surface area contributed by atoms with E-state index in [2.05, 4.69) is 5.32 Å². The van der Waals surface area contributed by atoms with Crippen molar-refractivity contribution in [2.45, 2.75) is 33.4 Å². The normalized spacial score (nSPS) is 11.8. The Bertz CT molecular complexity index is 1080. The van der Waals surface area contributed by atoms with Gasteiger partial charge in [-0.25, -0.2) is 4.79 Å². The molecule has 3 aromatic rings. The van der Waals surface area contributed by atoms with Crippen molar-refractivity contribution in [1.82, 2.24) is 5.32 Å². The molecule has 1 heterocycles. The van der Waals surface area contributed by atoms with Crippen LogP contribution in [0.5, 0.6) is 0 Å². The van der Waals surface area contributed by atoms with Gasteiger partial charge in [0.25, 0.3) is 5.91 Å². The summed E-state index contributed by atoms with van der Waals surface area (Å²) in [7, 11) is 0. The van der Waals surface area contributed by atoms with E-state index in [0.29, 0.717) is 17.5 Å². The SMILES string of the molecule is Cc1ccc(CNC(=O)[C@H](C)OC(=O)c2cc(=O)c3cc(C)ccc3o2)cc1. The van der Waals surface area contributed by atoms with Gasteiger partial charge >= 0.3 is 5.97 Å². The van der Waals surface area contributed by atoms with Gasteiger partial charge in [-0.3, -0.25) is 9.59 Å². The molecule has 1 aromatic heterocycles. The minimum absolute atomic E-state index is 0.237. The summed E-state index contributed by atoms with van der Waals surface area (Å²) in [5.41, 5.74) is 2.93. The summed E-state index contributed by atoms with van der Waals surface area (Å²) in [6.07, 6.45) is -1.03. The minimum atomic E-state index is -1.03. The summed E-state index contributed by atoms with van der Waals surface area (Å²) >= 11 is 0. The fourth-order valence-corrected chi connectivity index (χ4v) is 2.68. The van der Waals surface area contributed by atoms with Gasteiger partial charge in [0.15, 0.2) is 11.5 Å². The van der Waals surface area contributed by atoms with E-state index in [-0.39, 0.29) is 11.2 Å². The molecule has 144 valence electrons. The first kappa shape index (κ1) is 19.4. The standard InChI is InChI=1S/C22H21NO5/c1-13-4-7-16(8-5-13)12-23-21(25)15(3)27-22(26)20-11-18(24)17-10-14(2)6-9-19(17)28-20/h4-11,15H,12H2,1-3H3,(H,23,25)/t15-/m0/s1. The lowest BCUT2D eigenvalue weighted by atomic mass is 10.1.